The molecule has 30 heavy (non-hydrogen) atoms. The molecule has 4 rings (SSSR count). The van der Waals surface area contributed by atoms with Crippen molar-refractivity contribution in [1.82, 2.24) is 24.9 Å². The van der Waals surface area contributed by atoms with E-state index in [1.165, 1.54) is 6.07 Å². The van der Waals surface area contributed by atoms with Gasteiger partial charge >= 0.3 is 0 Å². The summed E-state index contributed by atoms with van der Waals surface area (Å²) in [7, 11) is 0. The zero-order chi connectivity index (χ0) is 21.1. The smallest absolute Gasteiger partial charge is 0.265 e. The number of piperazine rings is 1. The van der Waals surface area contributed by atoms with Gasteiger partial charge in [-0.1, -0.05) is 12.1 Å². The molecule has 0 unspecified atom stereocenters. The van der Waals surface area contributed by atoms with Gasteiger partial charge < -0.3 is 14.2 Å². The fraction of sp³-hybridized carbons (Fsp3) is 0.429. The average molecular weight is 412 g/mol. The van der Waals surface area contributed by atoms with Gasteiger partial charge in [-0.05, 0) is 32.0 Å². The monoisotopic (exact) mass is 412 g/mol. The lowest BCUT2D eigenvalue weighted by Crippen LogP contribution is -2.49. The van der Waals surface area contributed by atoms with Crippen molar-refractivity contribution in [3.8, 4) is 11.6 Å². The van der Waals surface area contributed by atoms with Crippen molar-refractivity contribution in [2.24, 2.45) is 0 Å². The van der Waals surface area contributed by atoms with Crippen LogP contribution in [0.5, 0.6) is 0 Å². The third kappa shape index (κ3) is 4.19. The van der Waals surface area contributed by atoms with E-state index >= 15 is 0 Å². The number of rotatable bonds is 6. The highest BCUT2D eigenvalue weighted by molar-refractivity contribution is 5.76. The summed E-state index contributed by atoms with van der Waals surface area (Å²) in [6, 6.07) is 8.63. The Hall–Kier alpha value is -3.23. The molecular weight excluding hydrogens is 387 g/mol. The van der Waals surface area contributed by atoms with Crippen LogP contribution in [-0.2, 0) is 17.8 Å². The van der Waals surface area contributed by atoms with Gasteiger partial charge in [0.05, 0.1) is 11.4 Å². The SMILES string of the molecule is CCn1nc(C)cc1-c1nnc(CCC(=O)N2CCN(c3ccccc3F)CC2)o1. The molecule has 0 saturated carbocycles. The van der Waals surface area contributed by atoms with Gasteiger partial charge in [0.15, 0.2) is 0 Å². The third-order valence-corrected chi connectivity index (χ3v) is 5.27. The fourth-order valence-corrected chi connectivity index (χ4v) is 3.69. The molecule has 0 spiro atoms. The van der Waals surface area contributed by atoms with Crippen LogP contribution in [-0.4, -0.2) is 57.0 Å². The van der Waals surface area contributed by atoms with Crippen molar-refractivity contribution in [3.05, 3.63) is 47.7 Å². The van der Waals surface area contributed by atoms with Crippen LogP contribution in [0.15, 0.2) is 34.7 Å². The standard InChI is InChI=1S/C21H25FN6O2/c1-3-28-18(14-15(2)25-28)21-24-23-19(30-21)8-9-20(29)27-12-10-26(11-13-27)17-7-5-4-6-16(17)22/h4-7,14H,3,8-13H2,1-2H3. The maximum Gasteiger partial charge on any atom is 0.265 e. The molecule has 1 fully saturated rings. The summed E-state index contributed by atoms with van der Waals surface area (Å²) in [5, 5.41) is 12.6. The van der Waals surface area contributed by atoms with Crippen LogP contribution >= 0.6 is 0 Å². The van der Waals surface area contributed by atoms with E-state index in [0.717, 1.165) is 11.4 Å². The van der Waals surface area contributed by atoms with Gasteiger partial charge in [0.25, 0.3) is 5.89 Å². The van der Waals surface area contributed by atoms with E-state index in [-0.39, 0.29) is 11.7 Å². The lowest BCUT2D eigenvalue weighted by atomic mass is 10.2. The minimum Gasteiger partial charge on any atom is -0.419 e. The quantitative estimate of drug-likeness (QED) is 0.619. The highest BCUT2D eigenvalue weighted by Gasteiger charge is 2.23. The summed E-state index contributed by atoms with van der Waals surface area (Å²) in [6.07, 6.45) is 0.687. The molecule has 1 aliphatic heterocycles. The number of amides is 1. The predicted molar refractivity (Wildman–Crippen MR) is 109 cm³/mol. The largest absolute Gasteiger partial charge is 0.419 e. The summed E-state index contributed by atoms with van der Waals surface area (Å²) >= 11 is 0. The summed E-state index contributed by atoms with van der Waals surface area (Å²) < 4.78 is 21.5. The topological polar surface area (TPSA) is 80.3 Å². The number of carbonyl (C=O) groups excluding carboxylic acids is 1. The van der Waals surface area contributed by atoms with Crippen molar-refractivity contribution < 1.29 is 13.6 Å². The van der Waals surface area contributed by atoms with Crippen LogP contribution in [0.2, 0.25) is 0 Å². The van der Waals surface area contributed by atoms with Crippen molar-refractivity contribution in [1.29, 1.82) is 0 Å². The summed E-state index contributed by atoms with van der Waals surface area (Å²) in [5.41, 5.74) is 2.25. The number of nitrogens with zero attached hydrogens (tertiary/aromatic N) is 6. The first-order chi connectivity index (χ1) is 14.5. The number of aryl methyl sites for hydroxylation is 3. The molecule has 1 saturated heterocycles. The van der Waals surface area contributed by atoms with Crippen molar-refractivity contribution in [2.45, 2.75) is 33.2 Å². The van der Waals surface area contributed by atoms with E-state index in [1.807, 2.05) is 40.5 Å². The van der Waals surface area contributed by atoms with Gasteiger partial charge in [-0.15, -0.1) is 10.2 Å². The first-order valence-corrected chi connectivity index (χ1v) is 10.2. The molecule has 0 atom stereocenters. The van der Waals surface area contributed by atoms with Crippen molar-refractivity contribution in [3.63, 3.8) is 0 Å². The summed E-state index contributed by atoms with van der Waals surface area (Å²) in [4.78, 5) is 16.4. The Morgan fingerprint density at radius 2 is 1.93 bits per heavy atom. The second-order valence-corrected chi connectivity index (χ2v) is 7.31. The molecule has 3 heterocycles. The Labute approximate surface area is 174 Å². The molecule has 3 aromatic rings. The van der Waals surface area contributed by atoms with E-state index in [1.54, 1.807) is 12.1 Å². The molecule has 1 amide bonds. The van der Waals surface area contributed by atoms with Crippen LogP contribution in [0.3, 0.4) is 0 Å². The molecule has 8 nitrogen and oxygen atoms in total. The molecule has 1 aliphatic rings. The number of carbonyl (C=O) groups is 1. The number of anilines is 1. The third-order valence-electron chi connectivity index (χ3n) is 5.27. The molecule has 2 aromatic heterocycles. The molecule has 0 radical (unpaired) electrons. The van der Waals surface area contributed by atoms with Crippen LogP contribution in [0.1, 0.15) is 24.9 Å². The lowest BCUT2D eigenvalue weighted by Gasteiger charge is -2.36. The second-order valence-electron chi connectivity index (χ2n) is 7.31. The van der Waals surface area contributed by atoms with E-state index in [2.05, 4.69) is 15.3 Å². The Balaban J connectivity index is 1.31. The number of benzene rings is 1. The molecule has 9 heteroatoms. The molecule has 0 aliphatic carbocycles. The maximum atomic E-state index is 14.0. The van der Waals surface area contributed by atoms with Crippen LogP contribution in [0.4, 0.5) is 10.1 Å². The van der Waals surface area contributed by atoms with Gasteiger partial charge in [0, 0.05) is 45.6 Å². The highest BCUT2D eigenvalue weighted by atomic mass is 19.1. The lowest BCUT2D eigenvalue weighted by molar-refractivity contribution is -0.131. The van der Waals surface area contributed by atoms with E-state index in [4.69, 9.17) is 4.42 Å². The van der Waals surface area contributed by atoms with E-state index < -0.39 is 0 Å². The van der Waals surface area contributed by atoms with Crippen molar-refractivity contribution >= 4 is 11.6 Å². The Morgan fingerprint density at radius 3 is 2.67 bits per heavy atom. The summed E-state index contributed by atoms with van der Waals surface area (Å²) in [6.45, 7) is 6.97. The van der Waals surface area contributed by atoms with Crippen LogP contribution in [0, 0.1) is 12.7 Å². The fourth-order valence-electron chi connectivity index (χ4n) is 3.69. The normalized spacial score (nSPS) is 14.4. The number of para-hydroxylation sites is 1. The van der Waals surface area contributed by atoms with Gasteiger partial charge in [0.1, 0.15) is 11.5 Å². The van der Waals surface area contributed by atoms with Gasteiger partial charge in [-0.2, -0.15) is 5.10 Å². The number of halogens is 1. The zero-order valence-electron chi connectivity index (χ0n) is 17.2. The predicted octanol–water partition coefficient (Wildman–Crippen LogP) is 2.68. The average Bonchev–Trinajstić information content (AvgIpc) is 3.38. The number of hydrogen-bond donors (Lipinski definition) is 0. The van der Waals surface area contributed by atoms with E-state index in [0.29, 0.717) is 63.0 Å². The van der Waals surface area contributed by atoms with Gasteiger partial charge in [-0.25, -0.2) is 4.39 Å². The van der Waals surface area contributed by atoms with E-state index in [9.17, 15) is 9.18 Å². The Kier molecular flexibility index (Phi) is 5.78. The molecule has 0 N–H and O–H groups in total. The van der Waals surface area contributed by atoms with Crippen LogP contribution < -0.4 is 4.90 Å². The minimum absolute atomic E-state index is 0.0392. The zero-order valence-corrected chi connectivity index (χ0v) is 17.2. The van der Waals surface area contributed by atoms with Gasteiger partial charge in [-0.3, -0.25) is 9.48 Å². The molecular formula is C21H25FN6O2. The molecule has 0 bridgehead atoms. The van der Waals surface area contributed by atoms with Crippen LogP contribution in [0.25, 0.3) is 11.6 Å². The van der Waals surface area contributed by atoms with Gasteiger partial charge in [0.2, 0.25) is 11.8 Å². The molecule has 158 valence electrons. The Morgan fingerprint density at radius 1 is 1.17 bits per heavy atom. The second kappa shape index (κ2) is 8.64. The first-order valence-electron chi connectivity index (χ1n) is 10.2. The Bertz CT molecular complexity index is 1020. The maximum absolute atomic E-state index is 14.0. The van der Waals surface area contributed by atoms with Crippen molar-refractivity contribution in [2.75, 3.05) is 31.1 Å². The number of aromatic nitrogens is 4. The minimum atomic E-state index is -0.232. The number of hydrogen-bond acceptors (Lipinski definition) is 6. The molecule has 1 aromatic carbocycles. The summed E-state index contributed by atoms with van der Waals surface area (Å²) in [5.74, 6) is 0.657. The first kappa shape index (κ1) is 20.1. The highest BCUT2D eigenvalue weighted by Crippen LogP contribution is 2.21.